The van der Waals surface area contributed by atoms with Crippen LogP contribution >= 0.6 is 0 Å². The van der Waals surface area contributed by atoms with E-state index in [-0.39, 0.29) is 116 Å². The van der Waals surface area contributed by atoms with Gasteiger partial charge in [0, 0.05) is 82.1 Å². The minimum atomic E-state index is -0.0833. The van der Waals surface area contributed by atoms with Crippen LogP contribution in [0.5, 0.6) is 0 Å². The van der Waals surface area contributed by atoms with Gasteiger partial charge in [0.2, 0.25) is 0 Å². The number of rotatable bonds is 0. The van der Waals surface area contributed by atoms with Crippen LogP contribution in [0.1, 0.15) is 0 Å². The third-order valence-electron chi connectivity index (χ3n) is 0. The maximum atomic E-state index is 8.42. The Bertz CT molecular complexity index is 8.00. The van der Waals surface area contributed by atoms with E-state index in [9.17, 15) is 0 Å². The summed E-state index contributed by atoms with van der Waals surface area (Å²) in [6.07, 6.45) is 0. The van der Waals surface area contributed by atoms with Crippen LogP contribution in [-0.2, 0) is 1.70 Å². The van der Waals surface area contributed by atoms with Crippen molar-refractivity contribution in [2.24, 2.45) is 0 Å². The molecule has 0 spiro atoms. The normalized spacial score (nSPS) is 1.50. The number of hydrogen-bond acceptors (Lipinski definition) is 1. The Balaban J connectivity index is -0.00000000500. The Morgan fingerprint density at radius 1 is 1.25 bits per heavy atom. The molecule has 0 aliphatic rings. The number of hydrogen-bond donors (Lipinski definition) is 0. The van der Waals surface area contributed by atoms with Crippen LogP contribution in [-0.4, -0.2) is 0 Å². The van der Waals surface area contributed by atoms with E-state index in [0.717, 1.165) is 0 Å². The molecule has 1 nitrogen and oxygen atoms in total. The fraction of sp³-hybridized carbons (Fsp3) is 0. The summed E-state index contributed by atoms with van der Waals surface area (Å²) in [7, 11) is 0. The van der Waals surface area contributed by atoms with Gasteiger partial charge in [-0.05, 0) is 0 Å². The van der Waals surface area contributed by atoms with Gasteiger partial charge in [-0.25, -0.2) is 0 Å². The molecule has 4 heteroatoms. The quantitative estimate of drug-likeness (QED) is 0.509. The van der Waals surface area contributed by atoms with Crippen molar-refractivity contribution in [3.8, 4) is 0 Å². The molecule has 0 aromatic heterocycles. The molecule has 0 unspecified atom stereocenters. The molecule has 0 heterocycles. The van der Waals surface area contributed by atoms with E-state index in [4.69, 9.17) is 1.70 Å². The molecule has 0 amide bonds. The van der Waals surface area contributed by atoms with Crippen LogP contribution in [0, 0.1) is 116 Å². The predicted octanol–water partition coefficient (Wildman–Crippen LogP) is -0.119. The first-order chi connectivity index (χ1) is 1.00. The van der Waals surface area contributed by atoms with Gasteiger partial charge in [0.1, 0.15) is 0 Å². The van der Waals surface area contributed by atoms with Gasteiger partial charge in [0.25, 0.3) is 0 Å². The standard InChI is InChI=1S/Ce.La.O.Sm. The first-order valence-corrected chi connectivity index (χ1v) is 1.72. The molecule has 0 aromatic carbocycles. The summed E-state index contributed by atoms with van der Waals surface area (Å²) in [6.45, 7) is 0. The Hall–Kier alpha value is 3.71. The molecule has 0 atom stereocenters. The Morgan fingerprint density at radius 3 is 1.25 bits per heavy atom. The van der Waals surface area contributed by atoms with Crippen LogP contribution in [0.25, 0.3) is 0 Å². The van der Waals surface area contributed by atoms with Gasteiger partial charge in [-0.3, -0.25) is 0 Å². The minimum Gasteiger partial charge on any atom is 0 e. The molecule has 0 radical (unpaired) electrons. The molecule has 0 saturated heterocycles. The Kier molecular flexibility index (Phi) is 62.2. The van der Waals surface area contributed by atoms with Gasteiger partial charge in [-0.2, -0.15) is 0 Å². The summed E-state index contributed by atoms with van der Waals surface area (Å²) in [5, 5.41) is 0. The summed E-state index contributed by atoms with van der Waals surface area (Å²) in [5.74, 6) is 0. The van der Waals surface area contributed by atoms with E-state index in [1.54, 1.807) is 0 Å². The van der Waals surface area contributed by atoms with Crippen LogP contribution in [0.15, 0.2) is 0 Å². The van der Waals surface area contributed by atoms with Gasteiger partial charge in [-0.15, -0.1) is 0 Å². The summed E-state index contributed by atoms with van der Waals surface area (Å²) in [5.41, 5.74) is 0. The Labute approximate surface area is 114 Å². The van der Waals surface area contributed by atoms with Crippen molar-refractivity contribution < 1.29 is 118 Å². The third-order valence-corrected chi connectivity index (χ3v) is 0. The molecular formula is CeLaOSm. The average Bonchev–Trinajstić information content (AvgIpc) is 1.00. The van der Waals surface area contributed by atoms with Crippen molar-refractivity contribution in [1.29, 1.82) is 0 Å². The predicted molar refractivity (Wildman–Crippen MR) is 0.686 cm³/mol. The first-order valence-electron chi connectivity index (χ1n) is 0.236. The zero-order valence-electron chi connectivity index (χ0n) is 1.89. The minimum absolute atomic E-state index is 0. The summed E-state index contributed by atoms with van der Waals surface area (Å²) in [6, 6.07) is 0. The molecule has 0 rings (SSSR count). The van der Waals surface area contributed by atoms with Gasteiger partial charge in [0.15, 0.2) is 0 Å². The maximum Gasteiger partial charge on any atom is 0 e. The van der Waals surface area contributed by atoms with Gasteiger partial charge < -0.3 is 0 Å². The van der Waals surface area contributed by atoms with Crippen LogP contribution in [0.3, 0.4) is 0 Å². The molecule has 19 valence electrons. The molecule has 0 aliphatic heterocycles. The van der Waals surface area contributed by atoms with E-state index in [1.165, 1.54) is 0 Å². The zero-order chi connectivity index (χ0) is 2.00. The maximum absolute atomic E-state index is 8.42. The first kappa shape index (κ1) is 15.6. The zero-order valence-corrected chi connectivity index (χ0v) is 11.3. The van der Waals surface area contributed by atoms with E-state index in [1.807, 2.05) is 0 Å². The topological polar surface area (TPSA) is 17.1 Å². The van der Waals surface area contributed by atoms with Crippen molar-refractivity contribution in [1.82, 2.24) is 0 Å². The summed E-state index contributed by atoms with van der Waals surface area (Å²) in [4.78, 5) is 0. The van der Waals surface area contributed by atoms with Crippen molar-refractivity contribution in [3.05, 3.63) is 0 Å². The molecule has 0 N–H and O–H groups in total. The third kappa shape index (κ3) is 9.20. The van der Waals surface area contributed by atoms with Crippen LogP contribution in [0.2, 0.25) is 0 Å². The molecule has 0 aliphatic carbocycles. The molecule has 0 saturated carbocycles. The van der Waals surface area contributed by atoms with Crippen LogP contribution < -0.4 is 0 Å². The van der Waals surface area contributed by atoms with E-state index in [2.05, 4.69) is 0 Å². The second-order valence-electron chi connectivity index (χ2n) is 0. The largest absolute Gasteiger partial charge is 0 e. The van der Waals surface area contributed by atoms with Gasteiger partial charge in [-0.1, -0.05) is 0 Å². The van der Waals surface area contributed by atoms with Crippen molar-refractivity contribution >= 4 is 0 Å². The fourth-order valence-electron chi connectivity index (χ4n) is 0. The average molecular weight is 445 g/mol. The Morgan fingerprint density at radius 2 is 1.25 bits per heavy atom. The fourth-order valence-corrected chi connectivity index (χ4v) is 0. The molecular weight excluding hydrogens is 445 g/mol. The smallest absolute Gasteiger partial charge is 0 e. The summed E-state index contributed by atoms with van der Waals surface area (Å²) < 4.78 is 8.42. The van der Waals surface area contributed by atoms with Gasteiger partial charge in [0.05, 0.1) is 0 Å². The van der Waals surface area contributed by atoms with Crippen LogP contribution in [0.4, 0.5) is 0 Å². The van der Waals surface area contributed by atoms with Crippen molar-refractivity contribution in [2.75, 3.05) is 0 Å². The summed E-state index contributed by atoms with van der Waals surface area (Å²) >= 11 is -0.0833. The van der Waals surface area contributed by atoms with E-state index >= 15 is 0 Å². The van der Waals surface area contributed by atoms with Crippen molar-refractivity contribution in [2.45, 2.75) is 0 Å². The molecule has 4 heavy (non-hydrogen) atoms. The van der Waals surface area contributed by atoms with E-state index < -0.39 is 0 Å². The molecule has 0 aromatic rings. The van der Waals surface area contributed by atoms with E-state index in [0.29, 0.717) is 0 Å². The molecule has 0 bridgehead atoms. The molecule has 0 fully saturated rings. The monoisotopic (exact) mass is 447 g/mol. The van der Waals surface area contributed by atoms with Crippen molar-refractivity contribution in [3.63, 3.8) is 0 Å². The van der Waals surface area contributed by atoms with Gasteiger partial charge >= 0.3 is 35.5 Å². The SMILES string of the molecule is [Ce].[O]=[La].[Sm]. The second kappa shape index (κ2) is 15.9. The second-order valence-corrected chi connectivity index (χ2v) is 0.